The Balaban J connectivity index is 2.08. The number of aromatic nitrogens is 1. The molecular formula is C18H21N3O4. The Bertz CT molecular complexity index is 768. The SMILES string of the molecule is CC[C@H](NC(=O)C(=O)Nc1cc(C)[nH]c1C(=O)OC)c1ccccc1. The number of hydrogen-bond donors (Lipinski definition) is 3. The van der Waals surface area contributed by atoms with Gasteiger partial charge in [0.25, 0.3) is 0 Å². The topological polar surface area (TPSA) is 100 Å². The van der Waals surface area contributed by atoms with E-state index in [-0.39, 0.29) is 17.4 Å². The first-order valence-corrected chi connectivity index (χ1v) is 7.91. The number of anilines is 1. The maximum absolute atomic E-state index is 12.2. The highest BCUT2D eigenvalue weighted by Gasteiger charge is 2.22. The van der Waals surface area contributed by atoms with Crippen molar-refractivity contribution in [3.8, 4) is 0 Å². The zero-order valence-corrected chi connectivity index (χ0v) is 14.4. The second-order valence-electron chi connectivity index (χ2n) is 5.53. The van der Waals surface area contributed by atoms with Crippen molar-refractivity contribution in [1.82, 2.24) is 10.3 Å². The number of carbonyl (C=O) groups excluding carboxylic acids is 3. The van der Waals surface area contributed by atoms with Crippen LogP contribution >= 0.6 is 0 Å². The molecule has 25 heavy (non-hydrogen) atoms. The first-order chi connectivity index (χ1) is 12.0. The van der Waals surface area contributed by atoms with Gasteiger partial charge in [0.2, 0.25) is 0 Å². The third-order valence-corrected chi connectivity index (χ3v) is 3.71. The van der Waals surface area contributed by atoms with Crippen LogP contribution in [0.2, 0.25) is 0 Å². The molecule has 132 valence electrons. The highest BCUT2D eigenvalue weighted by molar-refractivity contribution is 6.40. The van der Waals surface area contributed by atoms with Crippen molar-refractivity contribution in [1.29, 1.82) is 0 Å². The fraction of sp³-hybridized carbons (Fsp3) is 0.278. The van der Waals surface area contributed by atoms with Crippen molar-refractivity contribution in [3.05, 3.63) is 53.3 Å². The molecule has 0 saturated heterocycles. The molecular weight excluding hydrogens is 322 g/mol. The highest BCUT2D eigenvalue weighted by atomic mass is 16.5. The van der Waals surface area contributed by atoms with Crippen molar-refractivity contribution >= 4 is 23.5 Å². The fourth-order valence-corrected chi connectivity index (χ4v) is 2.46. The van der Waals surface area contributed by atoms with Crippen molar-refractivity contribution in [2.24, 2.45) is 0 Å². The largest absolute Gasteiger partial charge is 0.464 e. The molecule has 0 spiro atoms. The zero-order valence-electron chi connectivity index (χ0n) is 14.4. The fourth-order valence-electron chi connectivity index (χ4n) is 2.46. The van der Waals surface area contributed by atoms with Gasteiger partial charge in [-0.1, -0.05) is 37.3 Å². The van der Waals surface area contributed by atoms with Gasteiger partial charge in [0.05, 0.1) is 18.8 Å². The van der Waals surface area contributed by atoms with Gasteiger partial charge in [0.15, 0.2) is 0 Å². The smallest absolute Gasteiger partial charge is 0.356 e. The van der Waals surface area contributed by atoms with E-state index in [0.29, 0.717) is 12.1 Å². The molecule has 1 aromatic carbocycles. The van der Waals surface area contributed by atoms with Crippen molar-refractivity contribution in [2.75, 3.05) is 12.4 Å². The monoisotopic (exact) mass is 343 g/mol. The van der Waals surface area contributed by atoms with Gasteiger partial charge < -0.3 is 20.4 Å². The zero-order chi connectivity index (χ0) is 18.4. The number of amides is 2. The molecule has 7 nitrogen and oxygen atoms in total. The van der Waals surface area contributed by atoms with Crippen LogP contribution in [0.1, 0.15) is 41.1 Å². The molecule has 2 aromatic rings. The predicted octanol–water partition coefficient (Wildman–Crippen LogP) is 2.32. The van der Waals surface area contributed by atoms with E-state index < -0.39 is 17.8 Å². The average molecular weight is 343 g/mol. The Kier molecular flexibility index (Phi) is 5.94. The van der Waals surface area contributed by atoms with Gasteiger partial charge >= 0.3 is 17.8 Å². The van der Waals surface area contributed by atoms with Crippen molar-refractivity contribution in [2.45, 2.75) is 26.3 Å². The Morgan fingerprint density at radius 1 is 1.16 bits per heavy atom. The summed E-state index contributed by atoms with van der Waals surface area (Å²) in [5, 5.41) is 5.14. The normalized spacial score (nSPS) is 11.5. The number of ether oxygens (including phenoxy) is 1. The molecule has 0 aliphatic heterocycles. The average Bonchev–Trinajstić information content (AvgIpc) is 2.99. The van der Waals surface area contributed by atoms with Crippen LogP contribution in [-0.2, 0) is 14.3 Å². The molecule has 1 heterocycles. The lowest BCUT2D eigenvalue weighted by molar-refractivity contribution is -0.136. The quantitative estimate of drug-likeness (QED) is 0.573. The summed E-state index contributed by atoms with van der Waals surface area (Å²) in [6.07, 6.45) is 0.639. The molecule has 0 bridgehead atoms. The van der Waals surface area contributed by atoms with Crippen molar-refractivity contribution in [3.63, 3.8) is 0 Å². The molecule has 3 N–H and O–H groups in total. The van der Waals surface area contributed by atoms with Crippen LogP contribution in [0.25, 0.3) is 0 Å². The molecule has 2 rings (SSSR count). The number of nitrogens with one attached hydrogen (secondary N) is 3. The number of methoxy groups -OCH3 is 1. The molecule has 0 fully saturated rings. The van der Waals surface area contributed by atoms with Crippen LogP contribution in [0.15, 0.2) is 36.4 Å². The van der Waals surface area contributed by atoms with E-state index in [0.717, 1.165) is 5.56 Å². The Morgan fingerprint density at radius 2 is 1.84 bits per heavy atom. The number of carbonyl (C=O) groups is 3. The number of rotatable bonds is 5. The molecule has 0 radical (unpaired) electrons. The molecule has 0 aliphatic rings. The molecule has 0 saturated carbocycles. The minimum atomic E-state index is -0.849. The first kappa shape index (κ1) is 18.3. The second-order valence-corrected chi connectivity index (χ2v) is 5.53. The third-order valence-electron chi connectivity index (χ3n) is 3.71. The Morgan fingerprint density at radius 3 is 2.44 bits per heavy atom. The number of benzene rings is 1. The van der Waals surface area contributed by atoms with E-state index in [2.05, 4.69) is 20.4 Å². The van der Waals surface area contributed by atoms with E-state index in [1.165, 1.54) is 7.11 Å². The van der Waals surface area contributed by atoms with Gasteiger partial charge in [0, 0.05) is 5.69 Å². The summed E-state index contributed by atoms with van der Waals surface area (Å²) >= 11 is 0. The van der Waals surface area contributed by atoms with E-state index >= 15 is 0 Å². The summed E-state index contributed by atoms with van der Waals surface area (Å²) in [4.78, 5) is 38.9. The number of H-pyrrole nitrogens is 1. The third kappa shape index (κ3) is 4.47. The summed E-state index contributed by atoms with van der Waals surface area (Å²) < 4.78 is 4.65. The second kappa shape index (κ2) is 8.14. The summed E-state index contributed by atoms with van der Waals surface area (Å²) in [7, 11) is 1.24. The summed E-state index contributed by atoms with van der Waals surface area (Å²) in [6.45, 7) is 3.64. The molecule has 2 amide bonds. The number of esters is 1. The van der Waals surface area contributed by atoms with Crippen LogP contribution in [0.4, 0.5) is 5.69 Å². The Labute approximate surface area is 145 Å². The van der Waals surface area contributed by atoms with Gasteiger partial charge in [-0.3, -0.25) is 9.59 Å². The van der Waals surface area contributed by atoms with Crippen LogP contribution in [0.5, 0.6) is 0 Å². The van der Waals surface area contributed by atoms with Crippen molar-refractivity contribution < 1.29 is 19.1 Å². The summed E-state index contributed by atoms with van der Waals surface area (Å²) in [5.41, 5.74) is 1.87. The maximum Gasteiger partial charge on any atom is 0.356 e. The van der Waals surface area contributed by atoms with Gasteiger partial charge in [0.1, 0.15) is 5.69 Å². The maximum atomic E-state index is 12.2. The Hall–Kier alpha value is -3.09. The first-order valence-electron chi connectivity index (χ1n) is 7.91. The van der Waals surface area contributed by atoms with E-state index in [4.69, 9.17) is 0 Å². The van der Waals surface area contributed by atoms with Crippen LogP contribution < -0.4 is 10.6 Å². The molecule has 0 aliphatic carbocycles. The van der Waals surface area contributed by atoms with Gasteiger partial charge in [-0.25, -0.2) is 4.79 Å². The van der Waals surface area contributed by atoms with E-state index in [1.54, 1.807) is 13.0 Å². The summed E-state index contributed by atoms with van der Waals surface area (Å²) in [5.74, 6) is -2.25. The number of aromatic amines is 1. The molecule has 7 heteroatoms. The van der Waals surface area contributed by atoms with E-state index in [9.17, 15) is 14.4 Å². The molecule has 1 aromatic heterocycles. The molecule has 0 unspecified atom stereocenters. The lowest BCUT2D eigenvalue weighted by Crippen LogP contribution is -2.37. The highest BCUT2D eigenvalue weighted by Crippen LogP contribution is 2.19. The minimum absolute atomic E-state index is 0.0938. The van der Waals surface area contributed by atoms with Crippen LogP contribution in [0.3, 0.4) is 0 Å². The van der Waals surface area contributed by atoms with Crippen LogP contribution in [0, 0.1) is 6.92 Å². The summed E-state index contributed by atoms with van der Waals surface area (Å²) in [6, 6.07) is 10.7. The number of hydrogen-bond acceptors (Lipinski definition) is 4. The van der Waals surface area contributed by atoms with Gasteiger partial charge in [-0.2, -0.15) is 0 Å². The lowest BCUT2D eigenvalue weighted by atomic mass is 10.0. The van der Waals surface area contributed by atoms with Gasteiger partial charge in [-0.05, 0) is 25.0 Å². The van der Waals surface area contributed by atoms with Gasteiger partial charge in [-0.15, -0.1) is 0 Å². The van der Waals surface area contributed by atoms with Crippen LogP contribution in [-0.4, -0.2) is 29.9 Å². The lowest BCUT2D eigenvalue weighted by Gasteiger charge is -2.17. The molecule has 1 atom stereocenters. The minimum Gasteiger partial charge on any atom is -0.464 e. The van der Waals surface area contributed by atoms with E-state index in [1.807, 2.05) is 37.3 Å². The number of aryl methyl sites for hydroxylation is 1. The predicted molar refractivity (Wildman–Crippen MR) is 93.1 cm³/mol. The standard InChI is InChI=1S/C18H21N3O4/c1-4-13(12-8-6-5-7-9-12)20-16(22)17(23)21-14-10-11(2)19-15(14)18(24)25-3/h5-10,13,19H,4H2,1-3H3,(H,20,22)(H,21,23)/t13-/m0/s1.